The number of carbonyl (C=O) groups excluding carboxylic acids is 1. The molecule has 0 spiro atoms. The van der Waals surface area contributed by atoms with Crippen LogP contribution >= 0.6 is 0 Å². The summed E-state index contributed by atoms with van der Waals surface area (Å²) in [6.45, 7) is 0. The maximum Gasteiger partial charge on any atom is 0.203 e. The zero-order valence-electron chi connectivity index (χ0n) is 14.9. The van der Waals surface area contributed by atoms with Gasteiger partial charge in [-0.15, -0.1) is 0 Å². The first-order valence-corrected chi connectivity index (χ1v) is 8.63. The van der Waals surface area contributed by atoms with Crippen LogP contribution in [0.25, 0.3) is 23.0 Å². The molecule has 0 bridgehead atoms. The summed E-state index contributed by atoms with van der Waals surface area (Å²) in [5.74, 6) is -0.0959. The number of para-hydroxylation sites is 1. The van der Waals surface area contributed by atoms with Crippen LogP contribution in [0.2, 0.25) is 0 Å². The van der Waals surface area contributed by atoms with E-state index >= 15 is 0 Å². The summed E-state index contributed by atoms with van der Waals surface area (Å²) in [6.07, 6.45) is 6.93. The lowest BCUT2D eigenvalue weighted by atomic mass is 10.1. The average Bonchev–Trinajstić information content (AvgIpc) is 3.34. The lowest BCUT2D eigenvalue weighted by Gasteiger charge is -2.00. The second-order valence-electron chi connectivity index (χ2n) is 6.12. The van der Waals surface area contributed by atoms with Crippen LogP contribution in [-0.2, 0) is 7.05 Å². The number of aryl methyl sites for hydroxylation is 1. The SMILES string of the molecule is Cn1nccc1C(=O)/C=C/c1cn(-c2ccccc2)nc1-c1ccccc1. The Labute approximate surface area is 157 Å². The van der Waals surface area contributed by atoms with E-state index < -0.39 is 0 Å². The van der Waals surface area contributed by atoms with Gasteiger partial charge < -0.3 is 0 Å². The van der Waals surface area contributed by atoms with Crippen molar-refractivity contribution in [1.29, 1.82) is 0 Å². The second-order valence-corrected chi connectivity index (χ2v) is 6.12. The van der Waals surface area contributed by atoms with Crippen molar-refractivity contribution in [2.75, 3.05) is 0 Å². The first-order chi connectivity index (χ1) is 13.2. The Bertz CT molecular complexity index is 1090. The van der Waals surface area contributed by atoms with Gasteiger partial charge in [-0.05, 0) is 30.4 Å². The lowest BCUT2D eigenvalue weighted by Crippen LogP contribution is -2.03. The van der Waals surface area contributed by atoms with Crippen LogP contribution in [-0.4, -0.2) is 25.3 Å². The second kappa shape index (κ2) is 7.25. The lowest BCUT2D eigenvalue weighted by molar-refractivity contribution is 0.103. The van der Waals surface area contributed by atoms with Crippen molar-refractivity contribution in [3.05, 3.63) is 96.5 Å². The van der Waals surface area contributed by atoms with Gasteiger partial charge in [0.15, 0.2) is 0 Å². The summed E-state index contributed by atoms with van der Waals surface area (Å²) in [6, 6.07) is 21.6. The maximum absolute atomic E-state index is 12.4. The topological polar surface area (TPSA) is 52.7 Å². The van der Waals surface area contributed by atoms with Gasteiger partial charge in [0.25, 0.3) is 0 Å². The molecule has 0 saturated carbocycles. The van der Waals surface area contributed by atoms with Crippen molar-refractivity contribution in [2.45, 2.75) is 0 Å². The van der Waals surface area contributed by atoms with Crippen molar-refractivity contribution in [3.8, 4) is 16.9 Å². The third kappa shape index (κ3) is 3.48. The summed E-state index contributed by atoms with van der Waals surface area (Å²) in [7, 11) is 1.75. The zero-order valence-corrected chi connectivity index (χ0v) is 14.9. The molecule has 2 aromatic heterocycles. The number of rotatable bonds is 5. The fraction of sp³-hybridized carbons (Fsp3) is 0.0455. The van der Waals surface area contributed by atoms with Crippen LogP contribution in [0.5, 0.6) is 0 Å². The van der Waals surface area contributed by atoms with E-state index in [2.05, 4.69) is 5.10 Å². The van der Waals surface area contributed by atoms with Crippen LogP contribution in [0.15, 0.2) is 85.2 Å². The molecule has 0 aliphatic carbocycles. The highest BCUT2D eigenvalue weighted by Gasteiger charge is 2.12. The molecule has 0 aliphatic heterocycles. The van der Waals surface area contributed by atoms with E-state index in [-0.39, 0.29) is 5.78 Å². The average molecular weight is 354 g/mol. The Morgan fingerprint density at radius 3 is 2.33 bits per heavy atom. The highest BCUT2D eigenvalue weighted by molar-refractivity contribution is 6.05. The predicted octanol–water partition coefficient (Wildman–Crippen LogP) is 4.17. The van der Waals surface area contributed by atoms with Crippen LogP contribution < -0.4 is 0 Å². The number of aromatic nitrogens is 4. The third-order valence-electron chi connectivity index (χ3n) is 4.30. The van der Waals surface area contributed by atoms with Crippen LogP contribution in [0.4, 0.5) is 0 Å². The van der Waals surface area contributed by atoms with E-state index in [4.69, 9.17) is 5.10 Å². The van der Waals surface area contributed by atoms with Gasteiger partial charge in [-0.2, -0.15) is 10.2 Å². The Balaban J connectivity index is 1.74. The van der Waals surface area contributed by atoms with Crippen LogP contribution in [0.3, 0.4) is 0 Å². The molecule has 4 aromatic rings. The Kier molecular flexibility index (Phi) is 4.49. The zero-order chi connectivity index (χ0) is 18.6. The number of ketones is 1. The monoisotopic (exact) mass is 354 g/mol. The van der Waals surface area contributed by atoms with Gasteiger partial charge in [0, 0.05) is 30.6 Å². The van der Waals surface area contributed by atoms with Gasteiger partial charge in [-0.1, -0.05) is 48.5 Å². The molecule has 4 rings (SSSR count). The number of hydrogen-bond donors (Lipinski definition) is 0. The molecular weight excluding hydrogens is 336 g/mol. The first-order valence-electron chi connectivity index (χ1n) is 8.63. The normalized spacial score (nSPS) is 11.1. The fourth-order valence-electron chi connectivity index (χ4n) is 2.91. The number of carbonyl (C=O) groups is 1. The van der Waals surface area contributed by atoms with E-state index in [0.717, 1.165) is 22.5 Å². The van der Waals surface area contributed by atoms with Gasteiger partial charge in [0.1, 0.15) is 5.69 Å². The first kappa shape index (κ1) is 16.7. The summed E-state index contributed by atoms with van der Waals surface area (Å²) >= 11 is 0. The third-order valence-corrected chi connectivity index (χ3v) is 4.30. The van der Waals surface area contributed by atoms with Gasteiger partial charge in [0.2, 0.25) is 5.78 Å². The van der Waals surface area contributed by atoms with Crippen LogP contribution in [0.1, 0.15) is 16.1 Å². The smallest absolute Gasteiger partial charge is 0.203 e. The number of hydrogen-bond acceptors (Lipinski definition) is 3. The van der Waals surface area contributed by atoms with E-state index in [1.807, 2.05) is 77.6 Å². The van der Waals surface area contributed by atoms with Crippen molar-refractivity contribution in [2.24, 2.45) is 7.05 Å². The Morgan fingerprint density at radius 2 is 1.67 bits per heavy atom. The minimum atomic E-state index is -0.0959. The Hall–Kier alpha value is -3.73. The highest BCUT2D eigenvalue weighted by atomic mass is 16.1. The van der Waals surface area contributed by atoms with Gasteiger partial charge in [-0.3, -0.25) is 9.48 Å². The van der Waals surface area contributed by atoms with E-state index in [9.17, 15) is 4.79 Å². The van der Waals surface area contributed by atoms with Gasteiger partial charge >= 0.3 is 0 Å². The quantitative estimate of drug-likeness (QED) is 0.399. The van der Waals surface area contributed by atoms with Crippen molar-refractivity contribution in [1.82, 2.24) is 19.6 Å². The predicted molar refractivity (Wildman–Crippen MR) is 106 cm³/mol. The molecule has 5 heteroatoms. The molecular formula is C22H18N4O. The summed E-state index contributed by atoms with van der Waals surface area (Å²) in [4.78, 5) is 12.4. The minimum Gasteiger partial charge on any atom is -0.288 e. The number of nitrogens with zero attached hydrogens (tertiary/aromatic N) is 4. The van der Waals surface area contributed by atoms with E-state index in [1.54, 1.807) is 30.1 Å². The maximum atomic E-state index is 12.4. The van der Waals surface area contributed by atoms with Gasteiger partial charge in [0.05, 0.1) is 11.4 Å². The molecule has 0 radical (unpaired) electrons. The fourth-order valence-corrected chi connectivity index (χ4v) is 2.91. The molecule has 2 heterocycles. The van der Waals surface area contributed by atoms with Crippen LogP contribution in [0, 0.1) is 0 Å². The summed E-state index contributed by atoms with van der Waals surface area (Å²) < 4.78 is 3.40. The molecule has 132 valence electrons. The highest BCUT2D eigenvalue weighted by Crippen LogP contribution is 2.24. The standard InChI is InChI=1S/C22H18N4O/c1-25-20(14-15-23-25)21(27)13-12-18-16-26(19-10-6-3-7-11-19)24-22(18)17-8-4-2-5-9-17/h2-16H,1H3/b13-12+. The van der Waals surface area contributed by atoms with Gasteiger partial charge in [-0.25, -0.2) is 4.68 Å². The minimum absolute atomic E-state index is 0.0959. The number of benzene rings is 2. The molecule has 0 aliphatic rings. The summed E-state index contributed by atoms with van der Waals surface area (Å²) in [5.41, 5.74) is 4.21. The molecule has 0 saturated heterocycles. The molecule has 0 amide bonds. The Morgan fingerprint density at radius 1 is 0.963 bits per heavy atom. The molecule has 0 fully saturated rings. The van der Waals surface area contributed by atoms with E-state index in [0.29, 0.717) is 5.69 Å². The van der Waals surface area contributed by atoms with Crippen molar-refractivity contribution in [3.63, 3.8) is 0 Å². The van der Waals surface area contributed by atoms with E-state index in [1.165, 1.54) is 0 Å². The van der Waals surface area contributed by atoms with Crippen molar-refractivity contribution < 1.29 is 4.79 Å². The molecule has 0 atom stereocenters. The largest absolute Gasteiger partial charge is 0.288 e. The molecule has 2 aromatic carbocycles. The van der Waals surface area contributed by atoms with Crippen molar-refractivity contribution >= 4 is 11.9 Å². The number of allylic oxidation sites excluding steroid dienone is 1. The molecule has 5 nitrogen and oxygen atoms in total. The molecule has 27 heavy (non-hydrogen) atoms. The molecule has 0 N–H and O–H groups in total. The molecule has 0 unspecified atom stereocenters. The summed E-state index contributed by atoms with van der Waals surface area (Å²) in [5, 5.41) is 8.79.